The molecule has 0 aliphatic rings. The van der Waals surface area contributed by atoms with Gasteiger partial charge in [0.15, 0.2) is 22.5 Å². The summed E-state index contributed by atoms with van der Waals surface area (Å²) in [5.41, 5.74) is 5.44. The Kier molecular flexibility index (Phi) is 7.96. The molecule has 1 amide bonds. The van der Waals surface area contributed by atoms with Gasteiger partial charge in [0.05, 0.1) is 25.7 Å². The van der Waals surface area contributed by atoms with E-state index in [4.69, 9.17) is 9.47 Å². The molecule has 0 saturated carbocycles. The maximum atomic E-state index is 13.1. The van der Waals surface area contributed by atoms with Crippen molar-refractivity contribution in [1.29, 1.82) is 0 Å². The summed E-state index contributed by atoms with van der Waals surface area (Å²) >= 11 is 1.24. The van der Waals surface area contributed by atoms with Crippen LogP contribution >= 0.6 is 11.8 Å². The number of hydrazone groups is 1. The normalized spacial score (nSPS) is 11.3. The van der Waals surface area contributed by atoms with Crippen LogP contribution in [0.2, 0.25) is 0 Å². The van der Waals surface area contributed by atoms with Crippen molar-refractivity contribution in [2.24, 2.45) is 5.10 Å². The number of benzene rings is 3. The molecule has 0 atom stereocenters. The number of methoxy groups -OCH3 is 2. The van der Waals surface area contributed by atoms with Crippen LogP contribution in [0.1, 0.15) is 12.5 Å². The van der Waals surface area contributed by atoms with Gasteiger partial charge in [-0.1, -0.05) is 42.1 Å². The lowest BCUT2D eigenvalue weighted by atomic mass is 10.1. The van der Waals surface area contributed by atoms with Crippen LogP contribution in [-0.2, 0) is 4.79 Å². The largest absolute Gasteiger partial charge is 0.493 e. The summed E-state index contributed by atoms with van der Waals surface area (Å²) in [6.07, 6.45) is 0. The van der Waals surface area contributed by atoms with Crippen molar-refractivity contribution in [3.8, 4) is 28.6 Å². The number of thioether (sulfide) groups is 1. The summed E-state index contributed by atoms with van der Waals surface area (Å²) < 4.78 is 25.8. The van der Waals surface area contributed by atoms with E-state index in [1.165, 1.54) is 23.9 Å². The number of rotatable bonds is 9. The number of nitrogens with zero attached hydrogens (tertiary/aromatic N) is 4. The summed E-state index contributed by atoms with van der Waals surface area (Å²) in [4.78, 5) is 12.5. The Hall–Kier alpha value is -4.18. The van der Waals surface area contributed by atoms with Crippen LogP contribution in [0.15, 0.2) is 83.1 Å². The number of halogens is 1. The second kappa shape index (κ2) is 11.5. The first-order chi connectivity index (χ1) is 17.5. The Labute approximate surface area is 212 Å². The van der Waals surface area contributed by atoms with Crippen LogP contribution in [0.5, 0.6) is 11.5 Å². The minimum atomic E-state index is -0.332. The highest BCUT2D eigenvalue weighted by molar-refractivity contribution is 7.99. The highest BCUT2D eigenvalue weighted by Gasteiger charge is 2.18. The number of hydrogen-bond donors (Lipinski definition) is 1. The van der Waals surface area contributed by atoms with Crippen molar-refractivity contribution >= 4 is 23.4 Å². The van der Waals surface area contributed by atoms with Crippen molar-refractivity contribution in [3.63, 3.8) is 0 Å². The smallest absolute Gasteiger partial charge is 0.250 e. The van der Waals surface area contributed by atoms with Crippen LogP contribution in [0.3, 0.4) is 0 Å². The monoisotopic (exact) mass is 505 g/mol. The van der Waals surface area contributed by atoms with Gasteiger partial charge in [0, 0.05) is 11.3 Å². The minimum Gasteiger partial charge on any atom is -0.493 e. The van der Waals surface area contributed by atoms with Gasteiger partial charge in [-0.05, 0) is 55.0 Å². The van der Waals surface area contributed by atoms with Gasteiger partial charge in [0.2, 0.25) is 0 Å². The van der Waals surface area contributed by atoms with E-state index in [1.807, 2.05) is 47.0 Å². The molecule has 1 heterocycles. The van der Waals surface area contributed by atoms with Crippen molar-refractivity contribution in [2.75, 3.05) is 20.0 Å². The Morgan fingerprint density at radius 3 is 2.42 bits per heavy atom. The first-order valence-corrected chi connectivity index (χ1v) is 11.9. The van der Waals surface area contributed by atoms with E-state index in [-0.39, 0.29) is 17.5 Å². The van der Waals surface area contributed by atoms with E-state index < -0.39 is 0 Å². The summed E-state index contributed by atoms with van der Waals surface area (Å²) in [6.45, 7) is 1.74. The van der Waals surface area contributed by atoms with E-state index >= 15 is 0 Å². The van der Waals surface area contributed by atoms with Gasteiger partial charge in [-0.25, -0.2) is 9.82 Å². The number of para-hydroxylation sites is 1. The molecule has 8 nitrogen and oxygen atoms in total. The molecule has 36 heavy (non-hydrogen) atoms. The third-order valence-electron chi connectivity index (χ3n) is 5.23. The van der Waals surface area contributed by atoms with E-state index in [1.54, 1.807) is 39.3 Å². The summed E-state index contributed by atoms with van der Waals surface area (Å²) in [5.74, 6) is 1.20. The number of carbonyl (C=O) groups excluding carboxylic acids is 1. The molecule has 4 rings (SSSR count). The van der Waals surface area contributed by atoms with Crippen molar-refractivity contribution in [2.45, 2.75) is 12.1 Å². The molecule has 3 aromatic carbocycles. The van der Waals surface area contributed by atoms with Crippen LogP contribution < -0.4 is 14.9 Å². The standard InChI is InChI=1S/C26H24FN5O3S/c1-17(18-9-12-20(27)13-10-18)28-29-24(33)16-36-26-31-30-25(32(26)21-7-5-4-6-8-21)19-11-14-22(34-2)23(15-19)35-3/h4-15H,16H2,1-3H3,(H,29,33)/b28-17+. The molecule has 10 heteroatoms. The number of aromatic nitrogens is 3. The molecule has 0 fully saturated rings. The van der Waals surface area contributed by atoms with E-state index in [0.717, 1.165) is 11.3 Å². The fourth-order valence-electron chi connectivity index (χ4n) is 3.40. The first kappa shape index (κ1) is 24.9. The van der Waals surface area contributed by atoms with Gasteiger partial charge in [-0.3, -0.25) is 9.36 Å². The van der Waals surface area contributed by atoms with Crippen LogP contribution in [0.4, 0.5) is 4.39 Å². The zero-order chi connectivity index (χ0) is 25.5. The van der Waals surface area contributed by atoms with Gasteiger partial charge in [0.25, 0.3) is 5.91 Å². The minimum absolute atomic E-state index is 0.0666. The Morgan fingerprint density at radius 2 is 1.72 bits per heavy atom. The average Bonchev–Trinajstić information content (AvgIpc) is 3.35. The van der Waals surface area contributed by atoms with Crippen molar-refractivity contribution < 1.29 is 18.7 Å². The number of hydrogen-bond acceptors (Lipinski definition) is 7. The van der Waals surface area contributed by atoms with Crippen molar-refractivity contribution in [3.05, 3.63) is 84.2 Å². The molecule has 0 aliphatic carbocycles. The second-order valence-corrected chi connectivity index (χ2v) is 8.52. The number of carbonyl (C=O) groups is 1. The zero-order valence-electron chi connectivity index (χ0n) is 19.9. The molecular formula is C26H24FN5O3S. The van der Waals surface area contributed by atoms with E-state index in [2.05, 4.69) is 20.7 Å². The third-order valence-corrected chi connectivity index (χ3v) is 6.16. The summed E-state index contributed by atoms with van der Waals surface area (Å²) in [6, 6.07) is 21.0. The van der Waals surface area contributed by atoms with Gasteiger partial charge in [-0.15, -0.1) is 10.2 Å². The highest BCUT2D eigenvalue weighted by Crippen LogP contribution is 2.34. The predicted octanol–water partition coefficient (Wildman–Crippen LogP) is 4.72. The molecule has 0 saturated heterocycles. The van der Waals surface area contributed by atoms with E-state index in [9.17, 15) is 9.18 Å². The number of amides is 1. The SMILES string of the molecule is COc1ccc(-c2nnc(SCC(=O)N/N=C(\C)c3ccc(F)cc3)n2-c2ccccc2)cc1OC. The Balaban J connectivity index is 1.55. The Morgan fingerprint density at radius 1 is 1.00 bits per heavy atom. The van der Waals surface area contributed by atoms with Crippen LogP contribution in [0, 0.1) is 5.82 Å². The van der Waals surface area contributed by atoms with Crippen LogP contribution in [0.25, 0.3) is 17.1 Å². The molecule has 4 aromatic rings. The fraction of sp³-hybridized carbons (Fsp3) is 0.154. The third kappa shape index (κ3) is 5.72. The maximum Gasteiger partial charge on any atom is 0.250 e. The molecule has 1 aromatic heterocycles. The number of nitrogens with one attached hydrogen (secondary N) is 1. The second-order valence-electron chi connectivity index (χ2n) is 7.57. The highest BCUT2D eigenvalue weighted by atomic mass is 32.2. The molecule has 0 aliphatic heterocycles. The molecule has 1 N–H and O–H groups in total. The van der Waals surface area contributed by atoms with Gasteiger partial charge in [0.1, 0.15) is 5.82 Å². The fourth-order valence-corrected chi connectivity index (χ4v) is 4.14. The molecule has 0 radical (unpaired) electrons. The summed E-state index contributed by atoms with van der Waals surface area (Å²) in [7, 11) is 3.15. The van der Waals surface area contributed by atoms with Crippen LogP contribution in [-0.4, -0.2) is 46.4 Å². The maximum absolute atomic E-state index is 13.1. The number of ether oxygens (including phenoxy) is 2. The quantitative estimate of drug-likeness (QED) is 0.201. The lowest BCUT2D eigenvalue weighted by Gasteiger charge is -2.12. The predicted molar refractivity (Wildman–Crippen MR) is 137 cm³/mol. The molecular weight excluding hydrogens is 481 g/mol. The van der Waals surface area contributed by atoms with Gasteiger partial charge < -0.3 is 9.47 Å². The zero-order valence-corrected chi connectivity index (χ0v) is 20.8. The molecule has 0 bridgehead atoms. The van der Waals surface area contributed by atoms with Gasteiger partial charge >= 0.3 is 0 Å². The Bertz CT molecular complexity index is 1370. The average molecular weight is 506 g/mol. The lowest BCUT2D eigenvalue weighted by Crippen LogP contribution is -2.21. The molecule has 0 unspecified atom stereocenters. The molecule has 0 spiro atoms. The van der Waals surface area contributed by atoms with Crippen molar-refractivity contribution in [1.82, 2.24) is 20.2 Å². The lowest BCUT2D eigenvalue weighted by molar-refractivity contribution is -0.118. The first-order valence-electron chi connectivity index (χ1n) is 10.9. The molecule has 184 valence electrons. The topological polar surface area (TPSA) is 90.6 Å². The van der Waals surface area contributed by atoms with Gasteiger partial charge in [-0.2, -0.15) is 5.10 Å². The van der Waals surface area contributed by atoms with E-state index in [0.29, 0.717) is 33.8 Å². The summed E-state index contributed by atoms with van der Waals surface area (Å²) in [5, 5.41) is 13.4.